The molecule has 1 aliphatic rings. The highest BCUT2D eigenvalue weighted by Crippen LogP contribution is 2.33. The van der Waals surface area contributed by atoms with E-state index in [2.05, 4.69) is 15.2 Å². The lowest BCUT2D eigenvalue weighted by atomic mass is 10.1. The zero-order valence-electron chi connectivity index (χ0n) is 13.6. The molecule has 134 valence electrons. The predicted molar refractivity (Wildman–Crippen MR) is 90.5 cm³/mol. The third kappa shape index (κ3) is 4.58. The van der Waals surface area contributed by atoms with E-state index in [1.54, 1.807) is 11.4 Å². The lowest BCUT2D eigenvalue weighted by molar-refractivity contribution is -0.137. The fourth-order valence-corrected chi connectivity index (χ4v) is 3.27. The fourth-order valence-electron chi connectivity index (χ4n) is 2.47. The summed E-state index contributed by atoms with van der Waals surface area (Å²) in [7, 11) is 2.03. The first-order valence-electron chi connectivity index (χ1n) is 7.96. The predicted octanol–water partition coefficient (Wildman–Crippen LogP) is 3.65. The monoisotopic (exact) mass is 369 g/mol. The summed E-state index contributed by atoms with van der Waals surface area (Å²) in [5.74, 6) is -0.307. The van der Waals surface area contributed by atoms with Crippen LogP contribution in [0.15, 0.2) is 29.6 Å². The van der Waals surface area contributed by atoms with E-state index < -0.39 is 11.7 Å². The standard InChI is InChI=1S/C17H18F3N3OS/c1-23(13-5-6-13)8-7-21-15(24)14-10-25-16(22-14)11-3-2-4-12(9-11)17(18,19)20/h2-4,9-10,13H,5-8H2,1H3,(H,21,24). The van der Waals surface area contributed by atoms with Gasteiger partial charge < -0.3 is 10.2 Å². The van der Waals surface area contributed by atoms with Gasteiger partial charge in [0.2, 0.25) is 0 Å². The largest absolute Gasteiger partial charge is 0.416 e. The zero-order valence-corrected chi connectivity index (χ0v) is 14.5. The van der Waals surface area contributed by atoms with Gasteiger partial charge in [0, 0.05) is 30.1 Å². The molecule has 0 radical (unpaired) electrons. The van der Waals surface area contributed by atoms with Crippen LogP contribution < -0.4 is 5.32 Å². The molecular weight excluding hydrogens is 351 g/mol. The minimum absolute atomic E-state index is 0.228. The Bertz CT molecular complexity index is 756. The number of aromatic nitrogens is 1. The second-order valence-corrected chi connectivity index (χ2v) is 6.94. The van der Waals surface area contributed by atoms with Gasteiger partial charge in [0.05, 0.1) is 5.56 Å². The topological polar surface area (TPSA) is 45.2 Å². The van der Waals surface area contributed by atoms with Crippen molar-refractivity contribution in [3.8, 4) is 10.6 Å². The Balaban J connectivity index is 1.62. The number of hydrogen-bond acceptors (Lipinski definition) is 4. The van der Waals surface area contributed by atoms with Gasteiger partial charge in [0.15, 0.2) is 0 Å². The second-order valence-electron chi connectivity index (χ2n) is 6.08. The molecule has 1 heterocycles. The number of halogens is 3. The molecule has 1 saturated carbocycles. The van der Waals surface area contributed by atoms with Crippen molar-refractivity contribution in [2.24, 2.45) is 0 Å². The van der Waals surface area contributed by atoms with Crippen LogP contribution >= 0.6 is 11.3 Å². The molecule has 0 spiro atoms. The highest BCUT2D eigenvalue weighted by molar-refractivity contribution is 7.13. The van der Waals surface area contributed by atoms with Crippen molar-refractivity contribution in [1.29, 1.82) is 0 Å². The second kappa shape index (κ2) is 7.13. The van der Waals surface area contributed by atoms with E-state index in [1.807, 2.05) is 7.05 Å². The highest BCUT2D eigenvalue weighted by Gasteiger charge is 2.30. The summed E-state index contributed by atoms with van der Waals surface area (Å²) < 4.78 is 38.4. The molecule has 1 amide bonds. The number of benzene rings is 1. The average Bonchev–Trinajstić information content (AvgIpc) is 3.31. The minimum atomic E-state index is -4.40. The van der Waals surface area contributed by atoms with Gasteiger partial charge in [-0.05, 0) is 32.0 Å². The number of amides is 1. The highest BCUT2D eigenvalue weighted by atomic mass is 32.1. The van der Waals surface area contributed by atoms with E-state index in [9.17, 15) is 18.0 Å². The molecule has 0 unspecified atom stereocenters. The molecule has 0 atom stereocenters. The number of carbonyl (C=O) groups excluding carboxylic acids is 1. The van der Waals surface area contributed by atoms with Crippen LogP contribution in [0.5, 0.6) is 0 Å². The number of nitrogens with zero attached hydrogens (tertiary/aromatic N) is 2. The van der Waals surface area contributed by atoms with Crippen molar-refractivity contribution in [3.05, 3.63) is 40.9 Å². The van der Waals surface area contributed by atoms with Crippen molar-refractivity contribution >= 4 is 17.2 Å². The Kier molecular flexibility index (Phi) is 5.10. The number of thiazole rings is 1. The van der Waals surface area contributed by atoms with Crippen LogP contribution in [-0.2, 0) is 6.18 Å². The number of nitrogens with one attached hydrogen (secondary N) is 1. The molecule has 8 heteroatoms. The van der Waals surface area contributed by atoms with E-state index in [4.69, 9.17) is 0 Å². The quantitative estimate of drug-likeness (QED) is 0.845. The van der Waals surface area contributed by atoms with Crippen molar-refractivity contribution < 1.29 is 18.0 Å². The van der Waals surface area contributed by atoms with Gasteiger partial charge in [-0.2, -0.15) is 13.2 Å². The Morgan fingerprint density at radius 1 is 1.40 bits per heavy atom. The Morgan fingerprint density at radius 2 is 2.16 bits per heavy atom. The number of hydrogen-bond donors (Lipinski definition) is 1. The number of likely N-dealkylation sites (N-methyl/N-ethyl adjacent to an activating group) is 1. The van der Waals surface area contributed by atoms with Gasteiger partial charge in [0.25, 0.3) is 5.91 Å². The molecule has 25 heavy (non-hydrogen) atoms. The number of rotatable bonds is 6. The molecule has 1 aromatic carbocycles. The summed E-state index contributed by atoms with van der Waals surface area (Å²) in [4.78, 5) is 18.5. The van der Waals surface area contributed by atoms with Crippen LogP contribution in [0.3, 0.4) is 0 Å². The summed E-state index contributed by atoms with van der Waals surface area (Å²) in [6.07, 6.45) is -1.99. The van der Waals surface area contributed by atoms with Gasteiger partial charge in [-0.25, -0.2) is 4.98 Å². The summed E-state index contributed by atoms with van der Waals surface area (Å²) in [5.41, 5.74) is -0.145. The van der Waals surface area contributed by atoms with Crippen molar-refractivity contribution in [2.75, 3.05) is 20.1 Å². The van der Waals surface area contributed by atoms with E-state index >= 15 is 0 Å². The Morgan fingerprint density at radius 3 is 2.84 bits per heavy atom. The molecule has 1 N–H and O–H groups in total. The molecule has 1 fully saturated rings. The van der Waals surface area contributed by atoms with Crippen LogP contribution in [0.2, 0.25) is 0 Å². The van der Waals surface area contributed by atoms with E-state index in [-0.39, 0.29) is 11.6 Å². The van der Waals surface area contributed by atoms with Crippen molar-refractivity contribution in [2.45, 2.75) is 25.1 Å². The maximum Gasteiger partial charge on any atom is 0.416 e. The van der Waals surface area contributed by atoms with E-state index in [1.165, 1.54) is 18.9 Å². The molecule has 4 nitrogen and oxygen atoms in total. The molecule has 0 aliphatic heterocycles. The Labute approximate surface area is 147 Å². The third-order valence-electron chi connectivity index (χ3n) is 4.09. The first kappa shape index (κ1) is 17.9. The van der Waals surface area contributed by atoms with Gasteiger partial charge in [-0.3, -0.25) is 4.79 Å². The summed E-state index contributed by atoms with van der Waals surface area (Å²) in [6, 6.07) is 5.59. The summed E-state index contributed by atoms with van der Waals surface area (Å²) in [5, 5.41) is 4.76. The van der Waals surface area contributed by atoms with Gasteiger partial charge in [0.1, 0.15) is 10.7 Å². The van der Waals surface area contributed by atoms with Gasteiger partial charge in [-0.15, -0.1) is 11.3 Å². The van der Waals surface area contributed by atoms with Crippen LogP contribution in [0, 0.1) is 0 Å². The Hall–Kier alpha value is -1.93. The lowest BCUT2D eigenvalue weighted by Gasteiger charge is -2.15. The first-order chi connectivity index (χ1) is 11.8. The first-order valence-corrected chi connectivity index (χ1v) is 8.84. The maximum atomic E-state index is 12.8. The average molecular weight is 369 g/mol. The van der Waals surface area contributed by atoms with Gasteiger partial charge >= 0.3 is 6.18 Å². The van der Waals surface area contributed by atoms with Crippen molar-refractivity contribution in [1.82, 2.24) is 15.2 Å². The molecule has 0 bridgehead atoms. The molecule has 3 rings (SSSR count). The molecule has 1 aromatic heterocycles. The fraction of sp³-hybridized carbons (Fsp3) is 0.412. The third-order valence-corrected chi connectivity index (χ3v) is 4.99. The van der Waals surface area contributed by atoms with Crippen molar-refractivity contribution in [3.63, 3.8) is 0 Å². The minimum Gasteiger partial charge on any atom is -0.349 e. The lowest BCUT2D eigenvalue weighted by Crippen LogP contribution is -2.34. The SMILES string of the molecule is CN(CCNC(=O)c1csc(-c2cccc(C(F)(F)F)c2)n1)C1CC1. The van der Waals surface area contributed by atoms with Crippen LogP contribution in [-0.4, -0.2) is 42.0 Å². The summed E-state index contributed by atoms with van der Waals surface area (Å²) >= 11 is 1.16. The number of alkyl halides is 3. The molecule has 0 saturated heterocycles. The number of carbonyl (C=O) groups is 1. The molecule has 2 aromatic rings. The van der Waals surface area contributed by atoms with E-state index in [0.29, 0.717) is 23.2 Å². The molecular formula is C17H18F3N3OS. The van der Waals surface area contributed by atoms with Crippen LogP contribution in [0.1, 0.15) is 28.9 Å². The normalized spacial score (nSPS) is 14.8. The summed E-state index contributed by atoms with van der Waals surface area (Å²) in [6.45, 7) is 1.28. The van der Waals surface area contributed by atoms with Gasteiger partial charge in [-0.1, -0.05) is 12.1 Å². The zero-order chi connectivity index (χ0) is 18.0. The maximum absolute atomic E-state index is 12.8. The van der Waals surface area contributed by atoms with Crippen LogP contribution in [0.25, 0.3) is 10.6 Å². The smallest absolute Gasteiger partial charge is 0.349 e. The van der Waals surface area contributed by atoms with Crippen LogP contribution in [0.4, 0.5) is 13.2 Å². The molecule has 1 aliphatic carbocycles. The van der Waals surface area contributed by atoms with E-state index in [0.717, 1.165) is 30.0 Å².